The maximum Gasteiger partial charge on any atom is 0.337 e. The molecule has 0 aromatic heterocycles. The second-order valence-electron chi connectivity index (χ2n) is 9.51. The lowest BCUT2D eigenvalue weighted by atomic mass is 9.89. The van der Waals surface area contributed by atoms with Gasteiger partial charge in [0.25, 0.3) is 0 Å². The highest BCUT2D eigenvalue weighted by molar-refractivity contribution is 6.40. The Kier molecular flexibility index (Phi) is 9.85. The second kappa shape index (κ2) is 13.5. The normalized spacial score (nSPS) is 13.6. The van der Waals surface area contributed by atoms with Crippen LogP contribution in [-0.4, -0.2) is 43.0 Å². The number of nitrogens with zero attached hydrogens (tertiary/aromatic N) is 1. The monoisotopic (exact) mass is 567 g/mol. The summed E-state index contributed by atoms with van der Waals surface area (Å²) >= 11 is 12.5. The number of halogens is 2. The third-order valence-corrected chi connectivity index (χ3v) is 7.45. The molecular weight excluding hydrogens is 537 g/mol. The van der Waals surface area contributed by atoms with Crippen molar-refractivity contribution in [3.63, 3.8) is 0 Å². The fraction of sp³-hybridized carbons (Fsp3) is 0.300. The number of carbonyl (C=O) groups excluding carboxylic acids is 3. The smallest absolute Gasteiger partial charge is 0.337 e. The quantitative estimate of drug-likeness (QED) is 0.283. The first-order valence-electron chi connectivity index (χ1n) is 12.9. The summed E-state index contributed by atoms with van der Waals surface area (Å²) in [5.74, 6) is -0.234. The molecule has 0 saturated carbocycles. The molecule has 3 aromatic rings. The lowest BCUT2D eigenvalue weighted by Crippen LogP contribution is -2.40. The average molecular weight is 569 g/mol. The number of hydrogen-bond donors (Lipinski definition) is 2. The minimum Gasteiger partial charge on any atom is -0.465 e. The number of amides is 3. The Balaban J connectivity index is 1.24. The van der Waals surface area contributed by atoms with Crippen molar-refractivity contribution in [1.82, 2.24) is 4.90 Å². The molecule has 7 nitrogen and oxygen atoms in total. The SMILES string of the molecule is COC(=O)c1cc(Cl)c(NC(=O)N2CCC(c3ccc(NC(=O)CCCc4ccccc4)cc3)CC2)c(Cl)c1. The zero-order valence-electron chi connectivity index (χ0n) is 21.7. The van der Waals surface area contributed by atoms with Gasteiger partial charge in [-0.25, -0.2) is 9.59 Å². The van der Waals surface area contributed by atoms with E-state index in [2.05, 4.69) is 27.5 Å². The highest BCUT2D eigenvalue weighted by atomic mass is 35.5. The molecule has 4 rings (SSSR count). The Hall–Kier alpha value is -3.55. The number of carbonyl (C=O) groups is 3. The second-order valence-corrected chi connectivity index (χ2v) is 10.3. The molecule has 1 saturated heterocycles. The van der Waals surface area contributed by atoms with E-state index in [9.17, 15) is 14.4 Å². The molecular formula is C30H31Cl2N3O4. The molecule has 1 aliphatic heterocycles. The number of aryl methyl sites for hydroxylation is 1. The number of rotatable bonds is 8. The summed E-state index contributed by atoms with van der Waals surface area (Å²) in [6.45, 7) is 1.15. The number of benzene rings is 3. The van der Waals surface area contributed by atoms with E-state index in [1.165, 1.54) is 30.4 Å². The number of methoxy groups -OCH3 is 1. The van der Waals surface area contributed by atoms with Crippen LogP contribution in [0.4, 0.5) is 16.2 Å². The standard InChI is InChI=1S/C30H31Cl2N3O4/c1-39-29(37)23-18-25(31)28(26(32)19-23)34-30(38)35-16-14-22(15-17-35)21-10-12-24(13-11-21)33-27(36)9-5-8-20-6-3-2-4-7-20/h2-4,6-7,10-13,18-19,22H,5,8-9,14-17H2,1H3,(H,33,36)(H,34,38). The molecule has 0 radical (unpaired) electrons. The summed E-state index contributed by atoms with van der Waals surface area (Å²) in [6.07, 6.45) is 3.77. The highest BCUT2D eigenvalue weighted by Crippen LogP contribution is 2.34. The predicted molar refractivity (Wildman–Crippen MR) is 155 cm³/mol. The van der Waals surface area contributed by atoms with Crippen LogP contribution in [0.5, 0.6) is 0 Å². The van der Waals surface area contributed by atoms with E-state index in [1.807, 2.05) is 42.5 Å². The van der Waals surface area contributed by atoms with Gasteiger partial charge in [-0.3, -0.25) is 4.79 Å². The molecule has 1 fully saturated rings. The first kappa shape index (κ1) is 28.5. The fourth-order valence-electron chi connectivity index (χ4n) is 4.69. The summed E-state index contributed by atoms with van der Waals surface area (Å²) in [5.41, 5.74) is 3.67. The topological polar surface area (TPSA) is 87.7 Å². The molecule has 2 N–H and O–H groups in total. The van der Waals surface area contributed by atoms with Crippen molar-refractivity contribution in [2.24, 2.45) is 0 Å². The summed E-state index contributed by atoms with van der Waals surface area (Å²) in [7, 11) is 1.27. The number of urea groups is 1. The van der Waals surface area contributed by atoms with Gasteiger partial charge in [0.2, 0.25) is 5.91 Å². The number of ether oxygens (including phenoxy) is 1. The number of likely N-dealkylation sites (tertiary alicyclic amines) is 1. The third kappa shape index (κ3) is 7.74. The Morgan fingerprint density at radius 1 is 0.923 bits per heavy atom. The average Bonchev–Trinajstić information content (AvgIpc) is 2.95. The van der Waals surface area contributed by atoms with Crippen molar-refractivity contribution in [2.45, 2.75) is 38.0 Å². The Morgan fingerprint density at radius 3 is 2.18 bits per heavy atom. The van der Waals surface area contributed by atoms with Gasteiger partial charge < -0.3 is 20.3 Å². The first-order chi connectivity index (χ1) is 18.8. The van der Waals surface area contributed by atoms with E-state index >= 15 is 0 Å². The molecule has 204 valence electrons. The summed E-state index contributed by atoms with van der Waals surface area (Å²) < 4.78 is 4.69. The number of hydrogen-bond acceptors (Lipinski definition) is 4. The minimum absolute atomic E-state index is 0.0122. The van der Waals surface area contributed by atoms with Crippen molar-refractivity contribution in [3.8, 4) is 0 Å². The van der Waals surface area contributed by atoms with Crippen LogP contribution in [0, 0.1) is 0 Å². The van der Waals surface area contributed by atoms with Crippen molar-refractivity contribution in [2.75, 3.05) is 30.8 Å². The fourth-order valence-corrected chi connectivity index (χ4v) is 5.27. The van der Waals surface area contributed by atoms with Gasteiger partial charge in [-0.05, 0) is 67.0 Å². The van der Waals surface area contributed by atoms with E-state index in [4.69, 9.17) is 23.2 Å². The summed E-state index contributed by atoms with van der Waals surface area (Å²) in [6, 6.07) is 20.7. The van der Waals surface area contributed by atoms with Crippen LogP contribution in [0.1, 0.15) is 53.1 Å². The van der Waals surface area contributed by atoms with Gasteiger partial charge in [-0.2, -0.15) is 0 Å². The molecule has 1 heterocycles. The van der Waals surface area contributed by atoms with Crippen LogP contribution in [0.2, 0.25) is 10.0 Å². The van der Waals surface area contributed by atoms with Crippen LogP contribution < -0.4 is 10.6 Å². The maximum absolute atomic E-state index is 12.9. The number of esters is 1. The van der Waals surface area contributed by atoms with E-state index in [0.717, 1.165) is 31.4 Å². The molecule has 1 aliphatic rings. The van der Waals surface area contributed by atoms with Crippen molar-refractivity contribution < 1.29 is 19.1 Å². The number of anilines is 2. The molecule has 0 bridgehead atoms. The Bertz CT molecular complexity index is 1280. The molecule has 0 unspecified atom stereocenters. The van der Waals surface area contributed by atoms with E-state index in [-0.39, 0.29) is 33.2 Å². The van der Waals surface area contributed by atoms with Crippen molar-refractivity contribution in [1.29, 1.82) is 0 Å². The van der Waals surface area contributed by atoms with Crippen molar-refractivity contribution in [3.05, 3.63) is 93.5 Å². The molecule has 3 aromatic carbocycles. The van der Waals surface area contributed by atoms with Crippen LogP contribution in [-0.2, 0) is 16.0 Å². The van der Waals surface area contributed by atoms with E-state index < -0.39 is 5.97 Å². The van der Waals surface area contributed by atoms with E-state index in [1.54, 1.807) is 4.90 Å². The lowest BCUT2D eigenvalue weighted by Gasteiger charge is -2.32. The summed E-state index contributed by atoms with van der Waals surface area (Å²) in [4.78, 5) is 38.7. The van der Waals surface area contributed by atoms with Gasteiger partial charge in [-0.1, -0.05) is 65.7 Å². The zero-order chi connectivity index (χ0) is 27.8. The minimum atomic E-state index is -0.562. The lowest BCUT2D eigenvalue weighted by molar-refractivity contribution is -0.116. The highest BCUT2D eigenvalue weighted by Gasteiger charge is 2.25. The first-order valence-corrected chi connectivity index (χ1v) is 13.7. The predicted octanol–water partition coefficient (Wildman–Crippen LogP) is 7.15. The van der Waals surface area contributed by atoms with Gasteiger partial charge in [0.15, 0.2) is 0 Å². The molecule has 3 amide bonds. The Morgan fingerprint density at radius 2 is 1.56 bits per heavy atom. The van der Waals surface area contributed by atoms with Gasteiger partial charge in [0.05, 0.1) is 28.4 Å². The molecule has 0 aliphatic carbocycles. The zero-order valence-corrected chi connectivity index (χ0v) is 23.2. The number of piperidine rings is 1. The van der Waals surface area contributed by atoms with Crippen LogP contribution in [0.3, 0.4) is 0 Å². The van der Waals surface area contributed by atoms with Gasteiger partial charge in [0.1, 0.15) is 0 Å². The van der Waals surface area contributed by atoms with Crippen LogP contribution in [0.15, 0.2) is 66.7 Å². The largest absolute Gasteiger partial charge is 0.465 e. The molecule has 0 atom stereocenters. The van der Waals surface area contributed by atoms with Crippen LogP contribution >= 0.6 is 23.2 Å². The molecule has 0 spiro atoms. The maximum atomic E-state index is 12.9. The van der Waals surface area contributed by atoms with Gasteiger partial charge in [-0.15, -0.1) is 0 Å². The van der Waals surface area contributed by atoms with Crippen LogP contribution in [0.25, 0.3) is 0 Å². The van der Waals surface area contributed by atoms with E-state index in [0.29, 0.717) is 25.4 Å². The van der Waals surface area contributed by atoms with Gasteiger partial charge >= 0.3 is 12.0 Å². The van der Waals surface area contributed by atoms with Gasteiger partial charge in [0, 0.05) is 25.2 Å². The van der Waals surface area contributed by atoms with Crippen molar-refractivity contribution >= 4 is 52.5 Å². The summed E-state index contributed by atoms with van der Waals surface area (Å²) in [5, 5.41) is 6.07. The molecule has 9 heteroatoms. The number of nitrogens with one attached hydrogen (secondary N) is 2. The third-order valence-electron chi connectivity index (χ3n) is 6.86. The molecule has 39 heavy (non-hydrogen) atoms. The Labute approximate surface area is 238 Å².